The van der Waals surface area contributed by atoms with Crippen LogP contribution < -0.4 is 15.4 Å². The second-order valence-corrected chi connectivity index (χ2v) is 9.02. The van der Waals surface area contributed by atoms with Crippen molar-refractivity contribution in [1.82, 2.24) is 4.72 Å². The second kappa shape index (κ2) is 10.2. The Morgan fingerprint density at radius 1 is 0.781 bits per heavy atom. The van der Waals surface area contributed by atoms with Gasteiger partial charge in [-0.3, -0.25) is 9.59 Å². The lowest BCUT2D eigenvalue weighted by molar-refractivity contribution is 0.101. The van der Waals surface area contributed by atoms with E-state index >= 15 is 0 Å². The number of amides is 2. The lowest BCUT2D eigenvalue weighted by Gasteiger charge is -2.13. The third-order valence-corrected chi connectivity index (χ3v) is 6.42. The SMILES string of the molecule is CC[C@@H](C)NS(=O)(=O)c1ccc(NC(=O)c2cccc(NC(=O)c3ccccc3)c2)cc1. The van der Waals surface area contributed by atoms with Crippen LogP contribution in [0, 0.1) is 0 Å². The van der Waals surface area contributed by atoms with Gasteiger partial charge in [-0.1, -0.05) is 31.2 Å². The maximum atomic E-state index is 12.6. The summed E-state index contributed by atoms with van der Waals surface area (Å²) in [6.07, 6.45) is 0.679. The van der Waals surface area contributed by atoms with E-state index in [1.165, 1.54) is 24.3 Å². The number of hydrogen-bond donors (Lipinski definition) is 3. The molecule has 8 heteroatoms. The third-order valence-electron chi connectivity index (χ3n) is 4.81. The van der Waals surface area contributed by atoms with Gasteiger partial charge in [0.1, 0.15) is 0 Å². The van der Waals surface area contributed by atoms with E-state index in [0.717, 1.165) is 0 Å². The van der Waals surface area contributed by atoms with Gasteiger partial charge in [-0.25, -0.2) is 13.1 Å². The van der Waals surface area contributed by atoms with E-state index in [-0.39, 0.29) is 22.8 Å². The summed E-state index contributed by atoms with van der Waals surface area (Å²) in [5.74, 6) is -0.653. The highest BCUT2D eigenvalue weighted by molar-refractivity contribution is 7.89. The molecule has 0 aliphatic rings. The Labute approximate surface area is 187 Å². The van der Waals surface area contributed by atoms with Gasteiger partial charge in [-0.2, -0.15) is 0 Å². The topological polar surface area (TPSA) is 104 Å². The first-order valence-corrected chi connectivity index (χ1v) is 11.7. The van der Waals surface area contributed by atoms with E-state index in [9.17, 15) is 18.0 Å². The molecule has 7 nitrogen and oxygen atoms in total. The quantitative estimate of drug-likeness (QED) is 0.476. The van der Waals surface area contributed by atoms with Crippen molar-refractivity contribution >= 4 is 33.2 Å². The zero-order chi connectivity index (χ0) is 23.1. The van der Waals surface area contributed by atoms with Gasteiger partial charge in [0.25, 0.3) is 11.8 Å². The summed E-state index contributed by atoms with van der Waals surface area (Å²) in [6, 6.07) is 21.1. The number of benzene rings is 3. The van der Waals surface area contributed by atoms with Crippen molar-refractivity contribution in [2.75, 3.05) is 10.6 Å². The average Bonchev–Trinajstić information content (AvgIpc) is 2.79. The molecule has 0 saturated carbocycles. The van der Waals surface area contributed by atoms with Crippen molar-refractivity contribution in [1.29, 1.82) is 0 Å². The highest BCUT2D eigenvalue weighted by atomic mass is 32.2. The highest BCUT2D eigenvalue weighted by Gasteiger charge is 2.16. The molecule has 32 heavy (non-hydrogen) atoms. The summed E-state index contributed by atoms with van der Waals surface area (Å²) < 4.78 is 27.3. The van der Waals surface area contributed by atoms with Gasteiger partial charge in [0.15, 0.2) is 0 Å². The lowest BCUT2D eigenvalue weighted by atomic mass is 10.1. The molecule has 0 radical (unpaired) electrons. The molecule has 0 fully saturated rings. The van der Waals surface area contributed by atoms with Gasteiger partial charge >= 0.3 is 0 Å². The molecule has 2 amide bonds. The summed E-state index contributed by atoms with van der Waals surface area (Å²) in [6.45, 7) is 3.69. The molecule has 0 aromatic heterocycles. The standard InChI is InChI=1S/C24H25N3O4S/c1-3-17(2)27-32(30,31)22-14-12-20(13-15-22)25-24(29)19-10-7-11-21(16-19)26-23(28)18-8-5-4-6-9-18/h4-17,27H,3H2,1-2H3,(H,25,29)(H,26,28)/t17-/m1/s1. The minimum Gasteiger partial charge on any atom is -0.322 e. The van der Waals surface area contributed by atoms with Crippen molar-refractivity contribution in [3.8, 4) is 0 Å². The fraction of sp³-hybridized carbons (Fsp3) is 0.167. The van der Waals surface area contributed by atoms with Gasteiger partial charge in [0.2, 0.25) is 10.0 Å². The molecular formula is C24H25N3O4S. The molecule has 0 aliphatic heterocycles. The number of anilines is 2. The van der Waals surface area contributed by atoms with Crippen LogP contribution in [0.1, 0.15) is 41.0 Å². The minimum atomic E-state index is -3.61. The third kappa shape index (κ3) is 6.03. The van der Waals surface area contributed by atoms with Crippen molar-refractivity contribution in [3.63, 3.8) is 0 Å². The predicted molar refractivity (Wildman–Crippen MR) is 125 cm³/mol. The van der Waals surface area contributed by atoms with Gasteiger partial charge in [0.05, 0.1) is 4.90 Å². The number of carbonyl (C=O) groups is 2. The van der Waals surface area contributed by atoms with E-state index in [4.69, 9.17) is 0 Å². The second-order valence-electron chi connectivity index (χ2n) is 7.31. The molecule has 0 spiro atoms. The first-order chi connectivity index (χ1) is 15.3. The largest absolute Gasteiger partial charge is 0.322 e. The first-order valence-electron chi connectivity index (χ1n) is 10.2. The molecule has 3 aromatic rings. The molecule has 1 atom stereocenters. The van der Waals surface area contributed by atoms with Gasteiger partial charge in [0, 0.05) is 28.5 Å². The Morgan fingerprint density at radius 3 is 2.03 bits per heavy atom. The summed E-state index contributed by atoms with van der Waals surface area (Å²) in [5.41, 5.74) is 1.81. The average molecular weight is 452 g/mol. The van der Waals surface area contributed by atoms with Gasteiger partial charge in [-0.15, -0.1) is 0 Å². The number of carbonyl (C=O) groups excluding carboxylic acids is 2. The fourth-order valence-corrected chi connectivity index (χ4v) is 4.19. The normalized spacial score (nSPS) is 12.1. The molecule has 0 saturated heterocycles. The summed E-state index contributed by atoms with van der Waals surface area (Å²) in [4.78, 5) is 25.1. The van der Waals surface area contributed by atoms with E-state index in [0.29, 0.717) is 28.9 Å². The van der Waals surface area contributed by atoms with Crippen LogP contribution in [0.25, 0.3) is 0 Å². The van der Waals surface area contributed by atoms with Crippen molar-refractivity contribution in [2.24, 2.45) is 0 Å². The fourth-order valence-electron chi connectivity index (χ4n) is 2.87. The summed E-state index contributed by atoms with van der Waals surface area (Å²) in [7, 11) is -3.61. The smallest absolute Gasteiger partial charge is 0.255 e. The maximum Gasteiger partial charge on any atom is 0.255 e. The Balaban J connectivity index is 1.67. The molecule has 166 valence electrons. The van der Waals surface area contributed by atoms with Crippen LogP contribution in [0.15, 0.2) is 83.8 Å². The molecule has 0 aliphatic carbocycles. The lowest BCUT2D eigenvalue weighted by Crippen LogP contribution is -2.31. The number of rotatable bonds is 8. The van der Waals surface area contributed by atoms with Crippen LogP contribution in [0.5, 0.6) is 0 Å². The Kier molecular flexibility index (Phi) is 7.40. The Morgan fingerprint density at radius 2 is 1.38 bits per heavy atom. The molecule has 0 bridgehead atoms. The van der Waals surface area contributed by atoms with Crippen LogP contribution in [0.3, 0.4) is 0 Å². The number of nitrogens with one attached hydrogen (secondary N) is 3. The van der Waals surface area contributed by atoms with E-state index in [1.54, 1.807) is 55.5 Å². The van der Waals surface area contributed by atoms with E-state index in [2.05, 4.69) is 15.4 Å². The van der Waals surface area contributed by atoms with Crippen molar-refractivity contribution in [3.05, 3.63) is 90.0 Å². The van der Waals surface area contributed by atoms with Crippen molar-refractivity contribution in [2.45, 2.75) is 31.2 Å². The summed E-state index contributed by atoms with van der Waals surface area (Å²) in [5, 5.41) is 5.50. The predicted octanol–water partition coefficient (Wildman–Crippen LogP) is 4.27. The minimum absolute atomic E-state index is 0.126. The molecule has 0 heterocycles. The number of hydrogen-bond acceptors (Lipinski definition) is 4. The van der Waals surface area contributed by atoms with Crippen LogP contribution >= 0.6 is 0 Å². The number of sulfonamides is 1. The van der Waals surface area contributed by atoms with E-state index < -0.39 is 10.0 Å². The monoisotopic (exact) mass is 451 g/mol. The Hall–Kier alpha value is -3.49. The van der Waals surface area contributed by atoms with E-state index in [1.807, 2.05) is 13.0 Å². The van der Waals surface area contributed by atoms with Gasteiger partial charge < -0.3 is 10.6 Å². The maximum absolute atomic E-state index is 12.6. The molecular weight excluding hydrogens is 426 g/mol. The molecule has 3 aromatic carbocycles. The molecule has 3 N–H and O–H groups in total. The van der Waals surface area contributed by atoms with Crippen molar-refractivity contribution < 1.29 is 18.0 Å². The van der Waals surface area contributed by atoms with Crippen LogP contribution in [-0.4, -0.2) is 26.3 Å². The first kappa shape index (κ1) is 23.2. The summed E-state index contributed by atoms with van der Waals surface area (Å²) >= 11 is 0. The highest BCUT2D eigenvalue weighted by Crippen LogP contribution is 2.17. The van der Waals surface area contributed by atoms with Crippen LogP contribution in [0.4, 0.5) is 11.4 Å². The Bertz CT molecular complexity index is 1190. The van der Waals surface area contributed by atoms with Crippen LogP contribution in [0.2, 0.25) is 0 Å². The zero-order valence-corrected chi connectivity index (χ0v) is 18.6. The van der Waals surface area contributed by atoms with Gasteiger partial charge in [-0.05, 0) is 67.9 Å². The molecule has 3 rings (SSSR count). The molecule has 0 unspecified atom stereocenters. The van der Waals surface area contributed by atoms with Crippen LogP contribution in [-0.2, 0) is 10.0 Å². The zero-order valence-electron chi connectivity index (χ0n) is 17.8.